The highest BCUT2D eigenvalue weighted by molar-refractivity contribution is 4.81. The van der Waals surface area contributed by atoms with Gasteiger partial charge < -0.3 is 9.84 Å². The van der Waals surface area contributed by atoms with Gasteiger partial charge in [0.25, 0.3) is 0 Å². The lowest BCUT2D eigenvalue weighted by molar-refractivity contribution is -0.140. The average molecular weight is 212 g/mol. The van der Waals surface area contributed by atoms with Crippen LogP contribution >= 0.6 is 0 Å². The molecule has 0 aromatic heterocycles. The third-order valence-electron chi connectivity index (χ3n) is 2.53. The first-order valence-electron chi connectivity index (χ1n) is 4.78. The summed E-state index contributed by atoms with van der Waals surface area (Å²) in [6.07, 6.45) is -3.80. The predicted molar refractivity (Wildman–Crippen MR) is 44.9 cm³/mol. The summed E-state index contributed by atoms with van der Waals surface area (Å²) in [7, 11) is 0. The second kappa shape index (κ2) is 4.49. The molecule has 1 rings (SSSR count). The number of hydrogen-bond acceptors (Lipinski definition) is 2. The summed E-state index contributed by atoms with van der Waals surface area (Å²) in [4.78, 5) is 0. The highest BCUT2D eigenvalue weighted by Crippen LogP contribution is 2.29. The molecule has 1 saturated heterocycles. The van der Waals surface area contributed by atoms with Crippen LogP contribution in [-0.4, -0.2) is 30.1 Å². The lowest BCUT2D eigenvalue weighted by Gasteiger charge is -2.32. The van der Waals surface area contributed by atoms with Gasteiger partial charge in [0, 0.05) is 19.6 Å². The first-order chi connectivity index (χ1) is 6.41. The summed E-state index contributed by atoms with van der Waals surface area (Å²) in [5, 5.41) is 9.82. The number of hydrogen-bond donors (Lipinski definition) is 1. The Bertz CT molecular complexity index is 173. The van der Waals surface area contributed by atoms with E-state index in [1.807, 2.05) is 0 Å². The monoisotopic (exact) mass is 212 g/mol. The van der Waals surface area contributed by atoms with Crippen molar-refractivity contribution in [2.45, 2.75) is 43.9 Å². The van der Waals surface area contributed by atoms with Crippen molar-refractivity contribution in [3.63, 3.8) is 0 Å². The summed E-state index contributed by atoms with van der Waals surface area (Å²) >= 11 is 0. The van der Waals surface area contributed by atoms with Gasteiger partial charge in [-0.05, 0) is 25.7 Å². The van der Waals surface area contributed by atoms with E-state index in [-0.39, 0.29) is 12.8 Å². The van der Waals surface area contributed by atoms with Gasteiger partial charge in [-0.1, -0.05) is 0 Å². The van der Waals surface area contributed by atoms with E-state index in [1.54, 1.807) is 0 Å². The van der Waals surface area contributed by atoms with E-state index in [2.05, 4.69) is 0 Å². The molecule has 0 aromatic rings. The summed E-state index contributed by atoms with van der Waals surface area (Å²) in [5.41, 5.74) is -0.927. The molecule has 2 nitrogen and oxygen atoms in total. The first-order valence-corrected chi connectivity index (χ1v) is 4.78. The smallest absolute Gasteiger partial charge is 0.389 e. The van der Waals surface area contributed by atoms with Gasteiger partial charge in [0.15, 0.2) is 0 Å². The van der Waals surface area contributed by atoms with Crippen molar-refractivity contribution >= 4 is 0 Å². The molecule has 1 N–H and O–H groups in total. The lowest BCUT2D eigenvalue weighted by atomic mass is 9.89. The van der Waals surface area contributed by atoms with Crippen LogP contribution in [0.25, 0.3) is 0 Å². The van der Waals surface area contributed by atoms with Gasteiger partial charge in [-0.2, -0.15) is 13.2 Å². The molecule has 0 bridgehead atoms. The van der Waals surface area contributed by atoms with Crippen LogP contribution in [0.5, 0.6) is 0 Å². The third-order valence-corrected chi connectivity index (χ3v) is 2.53. The van der Waals surface area contributed by atoms with Crippen LogP contribution in [0.1, 0.15) is 32.1 Å². The minimum Gasteiger partial charge on any atom is -0.390 e. The second-order valence-electron chi connectivity index (χ2n) is 3.81. The fourth-order valence-electron chi connectivity index (χ4n) is 1.62. The maximum atomic E-state index is 11.8. The molecule has 1 heterocycles. The summed E-state index contributed by atoms with van der Waals surface area (Å²) < 4.78 is 40.5. The largest absolute Gasteiger partial charge is 0.390 e. The van der Waals surface area contributed by atoms with Crippen LogP contribution in [0, 0.1) is 0 Å². The standard InChI is InChI=1S/C9H15F3O2/c10-9(11,12)3-1-2-8(13)4-6-14-7-5-8/h13H,1-7H2. The Balaban J connectivity index is 2.22. The van der Waals surface area contributed by atoms with Gasteiger partial charge in [-0.3, -0.25) is 0 Å². The van der Waals surface area contributed by atoms with Crippen molar-refractivity contribution in [2.75, 3.05) is 13.2 Å². The average Bonchev–Trinajstić information content (AvgIpc) is 2.02. The highest BCUT2D eigenvalue weighted by atomic mass is 19.4. The van der Waals surface area contributed by atoms with E-state index >= 15 is 0 Å². The van der Waals surface area contributed by atoms with Crippen molar-refractivity contribution in [3.8, 4) is 0 Å². The van der Waals surface area contributed by atoms with Gasteiger partial charge in [0.05, 0.1) is 5.60 Å². The first kappa shape index (κ1) is 11.8. The van der Waals surface area contributed by atoms with Crippen LogP contribution in [0.3, 0.4) is 0 Å². The van der Waals surface area contributed by atoms with E-state index in [0.717, 1.165) is 0 Å². The number of aliphatic hydroxyl groups is 1. The fourth-order valence-corrected chi connectivity index (χ4v) is 1.62. The molecule has 0 amide bonds. The molecule has 84 valence electrons. The Morgan fingerprint density at radius 3 is 2.29 bits per heavy atom. The Hall–Kier alpha value is -0.290. The van der Waals surface area contributed by atoms with Gasteiger partial charge in [0.1, 0.15) is 0 Å². The fraction of sp³-hybridized carbons (Fsp3) is 1.00. The van der Waals surface area contributed by atoms with Crippen molar-refractivity contribution in [3.05, 3.63) is 0 Å². The number of alkyl halides is 3. The van der Waals surface area contributed by atoms with E-state index in [9.17, 15) is 18.3 Å². The van der Waals surface area contributed by atoms with E-state index < -0.39 is 18.2 Å². The maximum absolute atomic E-state index is 11.8. The zero-order valence-corrected chi connectivity index (χ0v) is 7.94. The van der Waals surface area contributed by atoms with E-state index in [1.165, 1.54) is 0 Å². The van der Waals surface area contributed by atoms with Crippen LogP contribution in [0.15, 0.2) is 0 Å². The molecule has 1 aliphatic rings. The molecule has 14 heavy (non-hydrogen) atoms. The predicted octanol–water partition coefficient (Wildman–Crippen LogP) is 2.26. The topological polar surface area (TPSA) is 29.5 Å². The Kier molecular flexibility index (Phi) is 3.78. The molecule has 0 aliphatic carbocycles. The molecule has 0 spiro atoms. The van der Waals surface area contributed by atoms with Gasteiger partial charge >= 0.3 is 6.18 Å². The van der Waals surface area contributed by atoms with Crippen molar-refractivity contribution < 1.29 is 23.0 Å². The molecule has 0 unspecified atom stereocenters. The normalized spacial score (nSPS) is 22.3. The summed E-state index contributed by atoms with van der Waals surface area (Å²) in [6.45, 7) is 0.894. The summed E-state index contributed by atoms with van der Waals surface area (Å²) in [5.74, 6) is 0. The quantitative estimate of drug-likeness (QED) is 0.777. The zero-order valence-electron chi connectivity index (χ0n) is 7.94. The second-order valence-corrected chi connectivity index (χ2v) is 3.81. The Labute approximate surface area is 81.1 Å². The molecule has 1 aliphatic heterocycles. The molecule has 0 saturated carbocycles. The van der Waals surface area contributed by atoms with Gasteiger partial charge in [-0.15, -0.1) is 0 Å². The van der Waals surface area contributed by atoms with Crippen molar-refractivity contribution in [1.82, 2.24) is 0 Å². The van der Waals surface area contributed by atoms with Gasteiger partial charge in [-0.25, -0.2) is 0 Å². The maximum Gasteiger partial charge on any atom is 0.389 e. The Morgan fingerprint density at radius 1 is 1.21 bits per heavy atom. The molecule has 5 heteroatoms. The molecule has 0 radical (unpaired) electrons. The third kappa shape index (κ3) is 4.28. The molecular formula is C9H15F3O2. The van der Waals surface area contributed by atoms with Crippen molar-refractivity contribution in [1.29, 1.82) is 0 Å². The van der Waals surface area contributed by atoms with Crippen molar-refractivity contribution in [2.24, 2.45) is 0 Å². The molecule has 0 aromatic carbocycles. The van der Waals surface area contributed by atoms with Crippen LogP contribution < -0.4 is 0 Å². The SMILES string of the molecule is OC1(CCCC(F)(F)F)CCOCC1. The Morgan fingerprint density at radius 2 is 1.79 bits per heavy atom. The minimum absolute atomic E-state index is 0. The van der Waals surface area contributed by atoms with Gasteiger partial charge in [0.2, 0.25) is 0 Å². The number of ether oxygens (including phenoxy) is 1. The zero-order chi connectivity index (χ0) is 10.7. The van der Waals surface area contributed by atoms with Crippen LogP contribution in [0.4, 0.5) is 13.2 Å². The number of rotatable bonds is 3. The van der Waals surface area contributed by atoms with E-state index in [4.69, 9.17) is 4.74 Å². The van der Waals surface area contributed by atoms with Crippen LogP contribution in [-0.2, 0) is 4.74 Å². The minimum atomic E-state index is -4.11. The molecular weight excluding hydrogens is 197 g/mol. The highest BCUT2D eigenvalue weighted by Gasteiger charge is 2.32. The molecule has 1 fully saturated rings. The van der Waals surface area contributed by atoms with Crippen LogP contribution in [0.2, 0.25) is 0 Å². The number of halogens is 3. The summed E-state index contributed by atoms with van der Waals surface area (Å²) in [6, 6.07) is 0. The molecule has 0 atom stereocenters. The van der Waals surface area contributed by atoms with E-state index in [0.29, 0.717) is 26.1 Å². The lowest BCUT2D eigenvalue weighted by Crippen LogP contribution is -2.36.